The van der Waals surface area contributed by atoms with Crippen molar-refractivity contribution in [2.45, 2.75) is 50.0 Å². The topological polar surface area (TPSA) is 133 Å². The lowest BCUT2D eigenvalue weighted by atomic mass is 10.1. The van der Waals surface area contributed by atoms with Gasteiger partial charge in [0.2, 0.25) is 11.8 Å². The minimum Gasteiger partial charge on any atom is -0.481 e. The van der Waals surface area contributed by atoms with E-state index in [1.807, 2.05) is 5.32 Å². The molecule has 1 aliphatic rings. The van der Waals surface area contributed by atoms with Crippen molar-refractivity contribution in [3.63, 3.8) is 0 Å². The Bertz CT molecular complexity index is 927. The van der Waals surface area contributed by atoms with E-state index >= 15 is 0 Å². The number of halogens is 4. The van der Waals surface area contributed by atoms with E-state index in [1.54, 1.807) is 0 Å². The van der Waals surface area contributed by atoms with Crippen LogP contribution in [0.25, 0.3) is 0 Å². The van der Waals surface area contributed by atoms with Crippen molar-refractivity contribution < 1.29 is 42.3 Å². The monoisotopic (exact) mass is 491 g/mol. The first kappa shape index (κ1) is 26.1. The number of nitrogens with zero attached hydrogens (tertiary/aromatic N) is 1. The van der Waals surface area contributed by atoms with E-state index in [2.05, 4.69) is 5.32 Å². The van der Waals surface area contributed by atoms with Gasteiger partial charge in [-0.05, 0) is 25.0 Å². The molecule has 13 heteroatoms. The van der Waals surface area contributed by atoms with Gasteiger partial charge >= 0.3 is 12.1 Å². The Morgan fingerprint density at radius 2 is 1.88 bits per heavy atom. The van der Waals surface area contributed by atoms with Crippen LogP contribution in [-0.4, -0.2) is 70.8 Å². The van der Waals surface area contributed by atoms with E-state index in [0.717, 1.165) is 4.90 Å². The van der Waals surface area contributed by atoms with E-state index in [0.29, 0.717) is 0 Å². The van der Waals surface area contributed by atoms with Gasteiger partial charge < -0.3 is 25.4 Å². The second-order valence-corrected chi connectivity index (χ2v) is 7.77. The van der Waals surface area contributed by atoms with Gasteiger partial charge in [0.25, 0.3) is 5.91 Å². The van der Waals surface area contributed by atoms with Gasteiger partial charge in [-0.1, -0.05) is 23.7 Å². The molecule has 0 radical (unpaired) electrons. The highest BCUT2D eigenvalue weighted by Gasteiger charge is 2.42. The number of alkyl halides is 3. The minimum atomic E-state index is -4.81. The molecule has 1 aromatic rings. The molecule has 0 aromatic heterocycles. The molecule has 0 unspecified atom stereocenters. The molecule has 33 heavy (non-hydrogen) atoms. The Balaban J connectivity index is 2.20. The van der Waals surface area contributed by atoms with Crippen molar-refractivity contribution in [2.75, 3.05) is 6.54 Å². The molecule has 180 valence electrons. The van der Waals surface area contributed by atoms with Crippen molar-refractivity contribution in [1.82, 2.24) is 15.5 Å². The van der Waals surface area contributed by atoms with E-state index in [-0.39, 0.29) is 36.3 Å². The lowest BCUT2D eigenvalue weighted by Crippen LogP contribution is -2.55. The van der Waals surface area contributed by atoms with Crippen LogP contribution in [0.15, 0.2) is 24.3 Å². The number of benzene rings is 1. The van der Waals surface area contributed by atoms with Gasteiger partial charge in [-0.3, -0.25) is 19.2 Å². The fourth-order valence-corrected chi connectivity index (χ4v) is 3.64. The van der Waals surface area contributed by atoms with Gasteiger partial charge in [0.15, 0.2) is 0 Å². The highest BCUT2D eigenvalue weighted by Crippen LogP contribution is 2.26. The second-order valence-electron chi connectivity index (χ2n) is 7.36. The predicted octanol–water partition coefficient (Wildman–Crippen LogP) is 1.54. The van der Waals surface area contributed by atoms with Crippen LogP contribution in [0.1, 0.15) is 36.0 Å². The van der Waals surface area contributed by atoms with Crippen molar-refractivity contribution in [3.05, 3.63) is 34.9 Å². The van der Waals surface area contributed by atoms with Crippen LogP contribution in [0.5, 0.6) is 0 Å². The molecule has 1 heterocycles. The summed E-state index contributed by atoms with van der Waals surface area (Å²) < 4.78 is 39.5. The number of hydrogen-bond acceptors (Lipinski definition) is 5. The quantitative estimate of drug-likeness (QED) is 0.449. The summed E-state index contributed by atoms with van der Waals surface area (Å²) in [4.78, 5) is 60.6. The average Bonchev–Trinajstić information content (AvgIpc) is 3.21. The molecule has 3 amide bonds. The van der Waals surface area contributed by atoms with Crippen LogP contribution < -0.4 is 10.6 Å². The zero-order chi connectivity index (χ0) is 24.8. The smallest absolute Gasteiger partial charge is 0.391 e. The van der Waals surface area contributed by atoms with Crippen LogP contribution >= 0.6 is 11.6 Å². The number of rotatable bonds is 9. The number of carboxylic acid groups (broad SMARTS) is 1. The Morgan fingerprint density at radius 1 is 1.21 bits per heavy atom. The first-order chi connectivity index (χ1) is 15.4. The third-order valence-electron chi connectivity index (χ3n) is 4.88. The highest BCUT2D eigenvalue weighted by atomic mass is 35.5. The molecule has 1 aliphatic heterocycles. The second kappa shape index (κ2) is 11.1. The van der Waals surface area contributed by atoms with Crippen molar-refractivity contribution >= 4 is 41.6 Å². The van der Waals surface area contributed by atoms with Crippen molar-refractivity contribution in [3.8, 4) is 0 Å². The normalized spacial score (nSPS) is 17.7. The highest BCUT2D eigenvalue weighted by molar-refractivity contribution is 6.33. The Hall–Kier alpha value is -3.15. The number of carbonyl (C=O) groups is 5. The molecule has 0 spiro atoms. The van der Waals surface area contributed by atoms with E-state index < -0.39 is 60.8 Å². The summed E-state index contributed by atoms with van der Waals surface area (Å²) in [5.41, 5.74) is -0.127. The summed E-state index contributed by atoms with van der Waals surface area (Å²) in [5, 5.41) is 13.0. The zero-order valence-corrected chi connectivity index (χ0v) is 17.9. The molecule has 3 N–H and O–H groups in total. The maximum absolute atomic E-state index is 13.2. The van der Waals surface area contributed by atoms with E-state index in [9.17, 15) is 37.1 Å². The number of carbonyl (C=O) groups excluding carboxylic acids is 4. The maximum Gasteiger partial charge on any atom is 0.391 e. The van der Waals surface area contributed by atoms with Gasteiger partial charge in [0.05, 0.1) is 29.5 Å². The van der Waals surface area contributed by atoms with Crippen molar-refractivity contribution in [2.24, 2.45) is 0 Å². The molecule has 9 nitrogen and oxygen atoms in total. The number of nitrogens with one attached hydrogen (secondary N) is 2. The predicted molar refractivity (Wildman–Crippen MR) is 108 cm³/mol. The first-order valence-corrected chi connectivity index (χ1v) is 10.2. The number of hydrogen-bond donors (Lipinski definition) is 3. The van der Waals surface area contributed by atoms with Gasteiger partial charge in [-0.25, -0.2) is 0 Å². The fourth-order valence-electron chi connectivity index (χ4n) is 3.42. The van der Waals surface area contributed by atoms with Crippen LogP contribution in [0.4, 0.5) is 13.2 Å². The summed E-state index contributed by atoms with van der Waals surface area (Å²) in [5.74, 6) is -4.35. The molecule has 0 aliphatic carbocycles. The molecule has 0 saturated carbocycles. The molecule has 1 saturated heterocycles. The molecule has 3 atom stereocenters. The third kappa shape index (κ3) is 7.45. The van der Waals surface area contributed by atoms with Crippen LogP contribution in [-0.2, 0) is 19.2 Å². The maximum atomic E-state index is 13.2. The number of carboxylic acids is 1. The fraction of sp³-hybridized carbons (Fsp3) is 0.450. The largest absolute Gasteiger partial charge is 0.481 e. The number of aliphatic carboxylic acids is 1. The number of aldehydes is 1. The van der Waals surface area contributed by atoms with Crippen LogP contribution in [0, 0.1) is 0 Å². The molecular weight excluding hydrogens is 471 g/mol. The first-order valence-electron chi connectivity index (χ1n) is 9.83. The standard InChI is InChI=1S/C20H21ClF3N3O6/c21-13-5-2-1-4-12(13)17(31)26-14(9-20(22,23)24)19(33)27-7-3-6-15(27)18(32)25-11(10-28)8-16(29)30/h1-2,4-5,10-11,14-15H,3,6-9H2,(H,25,32)(H,26,31)(H,29,30)/t11-,14-,15-/m0/s1. The molecule has 1 aromatic carbocycles. The van der Waals surface area contributed by atoms with E-state index in [1.165, 1.54) is 24.3 Å². The van der Waals surface area contributed by atoms with Crippen LogP contribution in [0.2, 0.25) is 5.02 Å². The molecular formula is C20H21ClF3N3O6. The Kier molecular flexibility index (Phi) is 8.80. The molecule has 2 rings (SSSR count). The van der Waals surface area contributed by atoms with Gasteiger partial charge in [0.1, 0.15) is 18.4 Å². The summed E-state index contributed by atoms with van der Waals surface area (Å²) in [6, 6.07) is 0.993. The minimum absolute atomic E-state index is 0.0232. The van der Waals surface area contributed by atoms with E-state index in [4.69, 9.17) is 16.7 Å². The van der Waals surface area contributed by atoms with Crippen molar-refractivity contribution in [1.29, 1.82) is 0 Å². The summed E-state index contributed by atoms with van der Waals surface area (Å²) in [6.07, 6.45) is -6.60. The number of amides is 3. The van der Waals surface area contributed by atoms with Crippen LogP contribution in [0.3, 0.4) is 0 Å². The lowest BCUT2D eigenvalue weighted by molar-refractivity contribution is -0.155. The average molecular weight is 492 g/mol. The zero-order valence-electron chi connectivity index (χ0n) is 17.1. The van der Waals surface area contributed by atoms with Gasteiger partial charge in [-0.2, -0.15) is 13.2 Å². The number of likely N-dealkylation sites (tertiary alicyclic amines) is 1. The molecule has 0 bridgehead atoms. The Labute approximate surface area is 191 Å². The summed E-state index contributed by atoms with van der Waals surface area (Å²) in [6.45, 7) is -0.0576. The lowest BCUT2D eigenvalue weighted by Gasteiger charge is -2.29. The van der Waals surface area contributed by atoms with Gasteiger partial charge in [-0.15, -0.1) is 0 Å². The Morgan fingerprint density at radius 3 is 2.45 bits per heavy atom. The molecule has 1 fully saturated rings. The SMILES string of the molecule is O=C[C@H](CC(=O)O)NC(=O)[C@@H]1CCCN1C(=O)[C@H](CC(F)(F)F)NC(=O)c1ccccc1Cl. The summed E-state index contributed by atoms with van der Waals surface area (Å²) >= 11 is 5.90. The van der Waals surface area contributed by atoms with Gasteiger partial charge in [0, 0.05) is 6.54 Å². The summed E-state index contributed by atoms with van der Waals surface area (Å²) in [7, 11) is 0. The third-order valence-corrected chi connectivity index (χ3v) is 5.21.